The molecule has 2 unspecified atom stereocenters. The van der Waals surface area contributed by atoms with Gasteiger partial charge in [0.15, 0.2) is 12.4 Å². The Hall–Kier alpha value is -6.72. The highest BCUT2D eigenvalue weighted by atomic mass is 16.5. The van der Waals surface area contributed by atoms with E-state index in [0.717, 1.165) is 66.9 Å². The molecule has 0 radical (unpaired) electrons. The first kappa shape index (κ1) is 29.2. The average Bonchev–Trinajstić information content (AvgIpc) is 3.65. The lowest BCUT2D eigenvalue weighted by Crippen LogP contribution is -2.36. The smallest absolute Gasteiger partial charge is 0.196 e. The van der Waals surface area contributed by atoms with Gasteiger partial charge in [0.25, 0.3) is 0 Å². The lowest BCUT2D eigenvalue weighted by Gasteiger charge is -2.23. The maximum absolute atomic E-state index is 6.20. The summed E-state index contributed by atoms with van der Waals surface area (Å²) in [5, 5.41) is 14.1. The van der Waals surface area contributed by atoms with Gasteiger partial charge in [-0.15, -0.1) is 0 Å². The fourth-order valence-electron chi connectivity index (χ4n) is 7.27. The molecule has 0 fully saturated rings. The molecule has 5 heteroatoms. The Labute approximate surface area is 295 Å². The molecule has 0 aromatic heterocycles. The normalized spacial score (nSPS) is 16.5. The number of fused-ring (bicyclic) bond motifs is 4. The minimum atomic E-state index is -0.413. The van der Waals surface area contributed by atoms with E-state index in [4.69, 9.17) is 14.7 Å². The van der Waals surface area contributed by atoms with Crippen LogP contribution in [0, 0.1) is 0 Å². The maximum atomic E-state index is 6.20. The molecular weight excluding hydrogens is 625 g/mol. The minimum Gasteiger partial charge on any atom is -0.464 e. The molecule has 8 aromatic carbocycles. The number of amidine groups is 2. The van der Waals surface area contributed by atoms with Crippen molar-refractivity contribution in [3.63, 3.8) is 0 Å². The second-order valence-corrected chi connectivity index (χ2v) is 13.1. The summed E-state index contributed by atoms with van der Waals surface area (Å²) in [4.78, 5) is 10.5. The van der Waals surface area contributed by atoms with Crippen molar-refractivity contribution in [1.82, 2.24) is 5.32 Å². The van der Waals surface area contributed by atoms with Gasteiger partial charge in [0, 0.05) is 22.3 Å². The summed E-state index contributed by atoms with van der Waals surface area (Å²) in [6, 6.07) is 59.6. The van der Waals surface area contributed by atoms with Gasteiger partial charge in [-0.25, -0.2) is 9.98 Å². The first-order valence-electron chi connectivity index (χ1n) is 17.3. The first-order valence-corrected chi connectivity index (χ1v) is 17.3. The van der Waals surface area contributed by atoms with Crippen LogP contribution in [0.4, 0.5) is 5.69 Å². The first-order chi connectivity index (χ1) is 25.2. The molecule has 2 heterocycles. The summed E-state index contributed by atoms with van der Waals surface area (Å²) in [5.74, 6) is 2.46. The van der Waals surface area contributed by atoms with Crippen LogP contribution in [0.2, 0.25) is 0 Å². The van der Waals surface area contributed by atoms with Gasteiger partial charge in [0.2, 0.25) is 0 Å². The van der Waals surface area contributed by atoms with Crippen molar-refractivity contribution in [1.29, 1.82) is 0 Å². The van der Waals surface area contributed by atoms with Crippen molar-refractivity contribution < 1.29 is 4.74 Å². The van der Waals surface area contributed by atoms with Crippen molar-refractivity contribution in [2.45, 2.75) is 12.4 Å². The summed E-state index contributed by atoms with van der Waals surface area (Å²) < 4.78 is 6.20. The van der Waals surface area contributed by atoms with Crippen LogP contribution in [0.15, 0.2) is 180 Å². The molecule has 8 aromatic rings. The van der Waals surface area contributed by atoms with Gasteiger partial charge in [-0.2, -0.15) is 0 Å². The van der Waals surface area contributed by atoms with Crippen LogP contribution >= 0.6 is 0 Å². The summed E-state index contributed by atoms with van der Waals surface area (Å²) in [6.45, 7) is 0. The molecular formula is C46H32N4O. The zero-order chi connectivity index (χ0) is 33.7. The summed E-state index contributed by atoms with van der Waals surface area (Å²) in [6.07, 6.45) is -0.633. The molecule has 51 heavy (non-hydrogen) atoms. The van der Waals surface area contributed by atoms with Gasteiger partial charge in [0.1, 0.15) is 17.4 Å². The van der Waals surface area contributed by atoms with E-state index >= 15 is 0 Å². The number of hydrogen-bond acceptors (Lipinski definition) is 5. The number of hydrogen-bond donors (Lipinski definition) is 2. The Morgan fingerprint density at radius 2 is 1.06 bits per heavy atom. The molecule has 2 atom stereocenters. The van der Waals surface area contributed by atoms with Crippen molar-refractivity contribution in [2.24, 2.45) is 9.98 Å². The molecule has 0 spiro atoms. The Bertz CT molecular complexity index is 2670. The third-order valence-electron chi connectivity index (χ3n) is 9.92. The predicted molar refractivity (Wildman–Crippen MR) is 210 cm³/mol. The highest BCUT2D eigenvalue weighted by Gasteiger charge is 2.24. The zero-order valence-corrected chi connectivity index (χ0v) is 27.6. The molecule has 10 rings (SSSR count). The van der Waals surface area contributed by atoms with Crippen molar-refractivity contribution in [3.8, 4) is 16.9 Å². The van der Waals surface area contributed by atoms with E-state index in [1.807, 2.05) is 24.3 Å². The van der Waals surface area contributed by atoms with E-state index < -0.39 is 6.17 Å². The molecule has 0 amide bonds. The van der Waals surface area contributed by atoms with Crippen molar-refractivity contribution >= 4 is 49.7 Å². The quantitative estimate of drug-likeness (QED) is 0.194. The SMILES string of the molecule is c1ccc(-c2ccc3cc(C4=NC(c5cccc6ccccc56)N=C(c5ccc6cc(C7Nc8ccccc8O7)ccc6c5)N4)ccc3c2)cc1. The van der Waals surface area contributed by atoms with E-state index in [0.29, 0.717) is 0 Å². The second kappa shape index (κ2) is 12.0. The van der Waals surface area contributed by atoms with Gasteiger partial charge in [0.05, 0.1) is 5.69 Å². The molecule has 5 nitrogen and oxygen atoms in total. The Morgan fingerprint density at radius 1 is 0.451 bits per heavy atom. The molecule has 0 aliphatic carbocycles. The lowest BCUT2D eigenvalue weighted by atomic mass is 9.99. The summed E-state index contributed by atoms with van der Waals surface area (Å²) >= 11 is 0. The molecule has 2 aliphatic heterocycles. The summed E-state index contributed by atoms with van der Waals surface area (Å²) in [7, 11) is 0. The standard InChI is InChI=1S/C46H32N4O/c1-2-9-29(10-3-1)31-17-18-33-26-36(22-19-32(33)25-31)43-48-44(50-45(49-43)40-14-8-12-30-11-4-5-13-39(30)40)37-23-20-35-28-38(24-21-34(35)27-37)46-47-41-15-6-7-16-42(41)51-46/h1-28,45-47H,(H,48,49,50). The van der Waals surface area contributed by atoms with Crippen LogP contribution in [0.1, 0.15) is 34.6 Å². The number of nitrogens with zero attached hydrogens (tertiary/aromatic N) is 2. The highest BCUT2D eigenvalue weighted by molar-refractivity contribution is 6.17. The molecule has 2 aliphatic rings. The third kappa shape index (κ3) is 5.36. The fraction of sp³-hybridized carbons (Fsp3) is 0.0435. The van der Waals surface area contributed by atoms with E-state index in [2.05, 4.69) is 156 Å². The molecule has 242 valence electrons. The topological polar surface area (TPSA) is 58.0 Å². The number of benzene rings is 8. The fourth-order valence-corrected chi connectivity index (χ4v) is 7.27. The second-order valence-electron chi connectivity index (χ2n) is 13.1. The average molecular weight is 657 g/mol. The zero-order valence-electron chi connectivity index (χ0n) is 27.6. The number of nitrogens with one attached hydrogen (secondary N) is 2. The predicted octanol–water partition coefficient (Wildman–Crippen LogP) is 10.8. The molecule has 0 saturated carbocycles. The van der Waals surface area contributed by atoms with E-state index in [9.17, 15) is 0 Å². The number of rotatable bonds is 5. The summed E-state index contributed by atoms with van der Waals surface area (Å²) in [5.41, 5.74) is 7.61. The van der Waals surface area contributed by atoms with Gasteiger partial charge >= 0.3 is 0 Å². The number of ether oxygens (including phenoxy) is 1. The molecule has 2 N–H and O–H groups in total. The van der Waals surface area contributed by atoms with E-state index in [1.54, 1.807) is 0 Å². The minimum absolute atomic E-state index is 0.219. The van der Waals surface area contributed by atoms with Crippen LogP contribution < -0.4 is 15.4 Å². The van der Waals surface area contributed by atoms with E-state index in [-0.39, 0.29) is 6.23 Å². The number of anilines is 1. The van der Waals surface area contributed by atoms with Crippen molar-refractivity contribution in [3.05, 3.63) is 192 Å². The highest BCUT2D eigenvalue weighted by Crippen LogP contribution is 2.38. The maximum Gasteiger partial charge on any atom is 0.196 e. The van der Waals surface area contributed by atoms with Gasteiger partial charge in [-0.05, 0) is 79.8 Å². The monoisotopic (exact) mass is 656 g/mol. The van der Waals surface area contributed by atoms with Crippen LogP contribution in [-0.4, -0.2) is 11.7 Å². The Kier molecular flexibility index (Phi) is 6.88. The number of para-hydroxylation sites is 2. The van der Waals surface area contributed by atoms with Crippen LogP contribution in [0.25, 0.3) is 43.4 Å². The van der Waals surface area contributed by atoms with Crippen molar-refractivity contribution in [2.75, 3.05) is 5.32 Å². The van der Waals surface area contributed by atoms with Gasteiger partial charge in [-0.3, -0.25) is 0 Å². The Morgan fingerprint density at radius 3 is 1.82 bits per heavy atom. The third-order valence-corrected chi connectivity index (χ3v) is 9.92. The number of aliphatic imine (C=N–C) groups is 2. The van der Waals surface area contributed by atoms with Gasteiger partial charge in [-0.1, -0.05) is 133 Å². The Balaban J connectivity index is 1.02. The molecule has 0 bridgehead atoms. The van der Waals surface area contributed by atoms with Crippen LogP contribution in [-0.2, 0) is 0 Å². The van der Waals surface area contributed by atoms with Crippen LogP contribution in [0.5, 0.6) is 5.75 Å². The van der Waals surface area contributed by atoms with Crippen LogP contribution in [0.3, 0.4) is 0 Å². The van der Waals surface area contributed by atoms with E-state index in [1.165, 1.54) is 21.9 Å². The van der Waals surface area contributed by atoms with Gasteiger partial charge < -0.3 is 15.4 Å². The largest absolute Gasteiger partial charge is 0.464 e. The lowest BCUT2D eigenvalue weighted by molar-refractivity contribution is 0.260. The molecule has 0 saturated heterocycles.